The zero-order valence-corrected chi connectivity index (χ0v) is 21.4. The minimum Gasteiger partial charge on any atom is -0.333 e. The van der Waals surface area contributed by atoms with E-state index in [1.807, 2.05) is 88.0 Å². The minimum atomic E-state index is -0.402. The summed E-state index contributed by atoms with van der Waals surface area (Å²) >= 11 is 0. The van der Waals surface area contributed by atoms with Gasteiger partial charge in [-0.1, -0.05) is 56.5 Å². The van der Waals surface area contributed by atoms with Crippen LogP contribution >= 0.6 is 0 Å². The first-order valence-corrected chi connectivity index (χ1v) is 12.3. The quantitative estimate of drug-likeness (QED) is 0.409. The first-order chi connectivity index (χ1) is 16.1. The number of urea groups is 1. The van der Waals surface area contributed by atoms with Crippen LogP contribution in [0.4, 0.5) is 4.79 Å². The number of benzene rings is 2. The molecule has 1 unspecified atom stereocenters. The van der Waals surface area contributed by atoms with Gasteiger partial charge in [0, 0.05) is 12.1 Å². The summed E-state index contributed by atoms with van der Waals surface area (Å²) in [5.41, 5.74) is 1.91. The normalized spacial score (nSPS) is 12.5. The zero-order valence-electron chi connectivity index (χ0n) is 21.4. The molecule has 0 radical (unpaired) electrons. The van der Waals surface area contributed by atoms with Crippen molar-refractivity contribution in [3.05, 3.63) is 70.3 Å². The van der Waals surface area contributed by atoms with E-state index in [2.05, 4.69) is 12.2 Å². The fraction of sp³-hybridized carbons (Fsp3) is 0.464. The van der Waals surface area contributed by atoms with Gasteiger partial charge in [0.25, 0.3) is 5.56 Å². The maximum Gasteiger partial charge on any atom is 0.318 e. The van der Waals surface area contributed by atoms with E-state index in [4.69, 9.17) is 4.98 Å². The Balaban J connectivity index is 2.16. The molecule has 2 amide bonds. The van der Waals surface area contributed by atoms with Crippen molar-refractivity contribution in [3.8, 4) is 5.69 Å². The molecule has 6 heteroatoms. The van der Waals surface area contributed by atoms with E-state index in [0.29, 0.717) is 23.3 Å². The molecule has 1 N–H and O–H groups in total. The molecule has 6 nitrogen and oxygen atoms in total. The van der Waals surface area contributed by atoms with Crippen LogP contribution in [0.1, 0.15) is 77.7 Å². The number of carbonyl (C=O) groups excluding carboxylic acids is 1. The molecule has 1 aromatic heterocycles. The number of fused-ring (bicyclic) bond motifs is 1. The Kier molecular flexibility index (Phi) is 8.13. The average molecular weight is 463 g/mol. The van der Waals surface area contributed by atoms with Gasteiger partial charge in [-0.2, -0.15) is 0 Å². The second kappa shape index (κ2) is 10.9. The largest absolute Gasteiger partial charge is 0.333 e. The smallest absolute Gasteiger partial charge is 0.318 e. The van der Waals surface area contributed by atoms with Crippen molar-refractivity contribution >= 4 is 16.9 Å². The number of para-hydroxylation sites is 2. The standard InChI is InChI=1S/C28H38N4O2/c1-7-8-9-14-19-31(27(34)30-28(4,5)6)21(3)25-29-23-17-12-11-16-22(23)26(33)32(25)24-18-13-10-15-20(24)2/h10-13,15-18,21H,7-9,14,19H2,1-6H3,(H,30,34). The van der Waals surface area contributed by atoms with Crippen LogP contribution in [0.2, 0.25) is 0 Å². The van der Waals surface area contributed by atoms with Crippen LogP contribution < -0.4 is 10.9 Å². The molecular formula is C28H38N4O2. The zero-order chi connectivity index (χ0) is 24.9. The molecule has 0 fully saturated rings. The maximum atomic E-state index is 13.7. The van der Waals surface area contributed by atoms with Crippen LogP contribution in [0.25, 0.3) is 16.6 Å². The topological polar surface area (TPSA) is 67.2 Å². The lowest BCUT2D eigenvalue weighted by Crippen LogP contribution is -2.50. The second-order valence-electron chi connectivity index (χ2n) is 10.0. The highest BCUT2D eigenvalue weighted by molar-refractivity contribution is 5.78. The molecule has 2 aromatic carbocycles. The molecule has 1 atom stereocenters. The Morgan fingerprint density at radius 2 is 1.74 bits per heavy atom. The highest BCUT2D eigenvalue weighted by Gasteiger charge is 2.28. The summed E-state index contributed by atoms with van der Waals surface area (Å²) in [5.74, 6) is 0.567. The van der Waals surface area contributed by atoms with E-state index in [9.17, 15) is 9.59 Å². The summed E-state index contributed by atoms with van der Waals surface area (Å²) in [6, 6.07) is 14.7. The fourth-order valence-corrected chi connectivity index (χ4v) is 4.19. The molecule has 34 heavy (non-hydrogen) atoms. The first kappa shape index (κ1) is 25.5. The number of aryl methyl sites for hydroxylation is 1. The van der Waals surface area contributed by atoms with Crippen LogP contribution in [-0.4, -0.2) is 32.6 Å². The number of nitrogens with one attached hydrogen (secondary N) is 1. The van der Waals surface area contributed by atoms with Gasteiger partial charge in [-0.15, -0.1) is 0 Å². The molecule has 0 aliphatic rings. The van der Waals surface area contributed by atoms with Crippen LogP contribution in [-0.2, 0) is 0 Å². The molecule has 3 aromatic rings. The molecule has 0 saturated carbocycles. The van der Waals surface area contributed by atoms with E-state index >= 15 is 0 Å². The highest BCUT2D eigenvalue weighted by Crippen LogP contribution is 2.25. The van der Waals surface area contributed by atoms with Gasteiger partial charge in [-0.3, -0.25) is 9.36 Å². The van der Waals surface area contributed by atoms with E-state index in [1.54, 1.807) is 4.57 Å². The number of carbonyl (C=O) groups is 1. The van der Waals surface area contributed by atoms with Crippen molar-refractivity contribution in [3.63, 3.8) is 0 Å². The average Bonchev–Trinajstić information content (AvgIpc) is 2.78. The molecule has 0 aliphatic heterocycles. The van der Waals surface area contributed by atoms with Gasteiger partial charge >= 0.3 is 6.03 Å². The van der Waals surface area contributed by atoms with Crippen LogP contribution in [0, 0.1) is 6.92 Å². The van der Waals surface area contributed by atoms with Crippen molar-refractivity contribution in [2.75, 3.05) is 6.54 Å². The Morgan fingerprint density at radius 1 is 1.06 bits per heavy atom. The SMILES string of the molecule is CCCCCCN(C(=O)NC(C)(C)C)C(C)c1nc2ccccc2c(=O)n1-c1ccccc1C. The Bertz CT molecular complexity index is 1190. The Morgan fingerprint density at radius 3 is 2.41 bits per heavy atom. The van der Waals surface area contributed by atoms with Gasteiger partial charge in [0.05, 0.1) is 22.6 Å². The summed E-state index contributed by atoms with van der Waals surface area (Å²) in [5, 5.41) is 3.67. The third-order valence-electron chi connectivity index (χ3n) is 5.99. The third-order valence-corrected chi connectivity index (χ3v) is 5.99. The number of hydrogen-bond donors (Lipinski definition) is 1. The van der Waals surface area contributed by atoms with Gasteiger partial charge in [-0.05, 0) is 64.8 Å². The molecule has 182 valence electrons. The van der Waals surface area contributed by atoms with Gasteiger partial charge in [0.2, 0.25) is 0 Å². The monoisotopic (exact) mass is 462 g/mol. The highest BCUT2D eigenvalue weighted by atomic mass is 16.2. The predicted molar refractivity (Wildman–Crippen MR) is 140 cm³/mol. The van der Waals surface area contributed by atoms with Crippen molar-refractivity contribution in [2.24, 2.45) is 0 Å². The number of nitrogens with zero attached hydrogens (tertiary/aromatic N) is 3. The molecular weight excluding hydrogens is 424 g/mol. The Hall–Kier alpha value is -3.15. The van der Waals surface area contributed by atoms with Gasteiger partial charge in [-0.25, -0.2) is 9.78 Å². The molecule has 0 saturated heterocycles. The number of hydrogen-bond acceptors (Lipinski definition) is 3. The van der Waals surface area contributed by atoms with Crippen molar-refractivity contribution in [1.29, 1.82) is 0 Å². The number of unbranched alkanes of at least 4 members (excludes halogenated alkanes) is 3. The van der Waals surface area contributed by atoms with Crippen LogP contribution in [0.3, 0.4) is 0 Å². The number of amides is 2. The lowest BCUT2D eigenvalue weighted by molar-refractivity contribution is 0.165. The molecule has 1 heterocycles. The lowest BCUT2D eigenvalue weighted by atomic mass is 10.1. The number of aromatic nitrogens is 2. The molecule has 3 rings (SSSR count). The molecule has 0 bridgehead atoms. The summed E-state index contributed by atoms with van der Waals surface area (Å²) in [4.78, 5) is 33.9. The van der Waals surface area contributed by atoms with Crippen molar-refractivity contribution < 1.29 is 4.79 Å². The number of rotatable bonds is 8. The van der Waals surface area contributed by atoms with Gasteiger partial charge < -0.3 is 10.2 Å². The van der Waals surface area contributed by atoms with E-state index in [-0.39, 0.29) is 17.1 Å². The lowest BCUT2D eigenvalue weighted by Gasteiger charge is -2.33. The van der Waals surface area contributed by atoms with Crippen molar-refractivity contribution in [1.82, 2.24) is 19.8 Å². The Labute approximate surface area is 203 Å². The summed E-state index contributed by atoms with van der Waals surface area (Å²) in [6.07, 6.45) is 4.21. The first-order valence-electron chi connectivity index (χ1n) is 12.3. The summed E-state index contributed by atoms with van der Waals surface area (Å²) in [7, 11) is 0. The second-order valence-corrected chi connectivity index (χ2v) is 10.0. The van der Waals surface area contributed by atoms with Crippen LogP contribution in [0.5, 0.6) is 0 Å². The molecule has 0 spiro atoms. The predicted octanol–water partition coefficient (Wildman–Crippen LogP) is 6.15. The minimum absolute atomic E-state index is 0.121. The van der Waals surface area contributed by atoms with Crippen molar-refractivity contribution in [2.45, 2.75) is 78.8 Å². The fourth-order valence-electron chi connectivity index (χ4n) is 4.19. The maximum absolute atomic E-state index is 13.7. The van der Waals surface area contributed by atoms with Gasteiger partial charge in [0.15, 0.2) is 0 Å². The van der Waals surface area contributed by atoms with E-state index in [0.717, 1.165) is 36.9 Å². The molecule has 0 aliphatic carbocycles. The van der Waals surface area contributed by atoms with E-state index in [1.165, 1.54) is 0 Å². The van der Waals surface area contributed by atoms with Gasteiger partial charge in [0.1, 0.15) is 5.82 Å². The summed E-state index contributed by atoms with van der Waals surface area (Å²) < 4.78 is 1.69. The van der Waals surface area contributed by atoms with E-state index < -0.39 is 6.04 Å². The summed E-state index contributed by atoms with van der Waals surface area (Å²) in [6.45, 7) is 12.6. The third kappa shape index (κ3) is 5.85. The van der Waals surface area contributed by atoms with Crippen LogP contribution in [0.15, 0.2) is 53.3 Å².